The van der Waals surface area contributed by atoms with Crippen LogP contribution in [0.25, 0.3) is 33.7 Å². The lowest BCUT2D eigenvalue weighted by molar-refractivity contribution is -0.115. The van der Waals surface area contributed by atoms with Crippen LogP contribution in [0.4, 0.5) is 10.1 Å². The van der Waals surface area contributed by atoms with Crippen LogP contribution in [0.15, 0.2) is 59.3 Å². The Bertz CT molecular complexity index is 1910. The van der Waals surface area contributed by atoms with E-state index in [-0.39, 0.29) is 34.9 Å². The van der Waals surface area contributed by atoms with E-state index in [1.807, 2.05) is 26.8 Å². The molecule has 4 N–H and O–H groups in total. The molecule has 11 nitrogen and oxygen atoms in total. The third-order valence-corrected chi connectivity index (χ3v) is 7.34. The number of aromatic nitrogens is 5. The van der Waals surface area contributed by atoms with Gasteiger partial charge in [0.2, 0.25) is 5.91 Å². The summed E-state index contributed by atoms with van der Waals surface area (Å²) in [5.41, 5.74) is 3.59. The molecule has 0 spiro atoms. The normalized spacial score (nSPS) is 12.5. The van der Waals surface area contributed by atoms with E-state index in [1.54, 1.807) is 63.4 Å². The minimum atomic E-state index is -0.674. The van der Waals surface area contributed by atoms with E-state index in [2.05, 4.69) is 35.7 Å². The van der Waals surface area contributed by atoms with Crippen LogP contribution in [-0.4, -0.2) is 58.2 Å². The van der Waals surface area contributed by atoms with Gasteiger partial charge in [-0.1, -0.05) is 50.2 Å². The van der Waals surface area contributed by atoms with Crippen molar-refractivity contribution in [3.05, 3.63) is 77.8 Å². The van der Waals surface area contributed by atoms with Gasteiger partial charge in [0.25, 0.3) is 0 Å². The number of nitrogens with zero attached hydrogens (tertiary/aromatic N) is 4. The first-order valence-electron chi connectivity index (χ1n) is 14.6. The number of fused-ring (bicyclic) bond motifs is 1. The first-order chi connectivity index (χ1) is 22.1. The monoisotopic (exact) mass is 682 g/mol. The molecule has 5 rings (SSSR count). The van der Waals surface area contributed by atoms with Crippen molar-refractivity contribution in [2.75, 3.05) is 5.32 Å². The number of pyridine rings is 1. The maximum atomic E-state index is 15.1. The van der Waals surface area contributed by atoms with Gasteiger partial charge in [-0.05, 0) is 43.7 Å². The summed E-state index contributed by atoms with van der Waals surface area (Å²) in [5.74, 6) is -0.357. The van der Waals surface area contributed by atoms with Crippen LogP contribution in [0.1, 0.15) is 63.6 Å². The molecule has 0 aliphatic carbocycles. The van der Waals surface area contributed by atoms with Gasteiger partial charge in [-0.15, -0.1) is 23.2 Å². The number of ketones is 1. The van der Waals surface area contributed by atoms with Gasteiger partial charge in [-0.3, -0.25) is 14.4 Å². The van der Waals surface area contributed by atoms with Crippen molar-refractivity contribution >= 4 is 57.7 Å². The Morgan fingerprint density at radius 2 is 1.77 bits per heavy atom. The highest BCUT2D eigenvalue weighted by molar-refractivity contribution is 6.32. The summed E-state index contributed by atoms with van der Waals surface area (Å²) in [7, 11) is 0. The highest BCUT2D eigenvalue weighted by Gasteiger charge is 2.24. The topological polar surface area (TPSA) is 160 Å². The number of rotatable bonds is 8. The number of nitrogens with one attached hydrogen (secondary N) is 3. The summed E-state index contributed by atoms with van der Waals surface area (Å²) in [5, 5.41) is 8.34. The van der Waals surface area contributed by atoms with Crippen molar-refractivity contribution in [2.45, 2.75) is 64.3 Å². The molecule has 246 valence electrons. The summed E-state index contributed by atoms with van der Waals surface area (Å²) in [6.07, 6.45) is 1.60. The zero-order valence-electron chi connectivity index (χ0n) is 26.7. The Kier molecular flexibility index (Phi) is 11.1. The van der Waals surface area contributed by atoms with Gasteiger partial charge in [-0.25, -0.2) is 14.4 Å². The summed E-state index contributed by atoms with van der Waals surface area (Å²) in [4.78, 5) is 49.2. The van der Waals surface area contributed by atoms with Crippen LogP contribution < -0.4 is 10.6 Å². The maximum absolute atomic E-state index is 15.1. The predicted molar refractivity (Wildman–Crippen MR) is 181 cm³/mol. The second-order valence-electron chi connectivity index (χ2n) is 11.7. The number of aromatic amines is 1. The lowest BCUT2D eigenvalue weighted by Crippen LogP contribution is -2.24. The fraction of sp³-hybridized carbons (Fsp3) is 0.303. The summed E-state index contributed by atoms with van der Waals surface area (Å²) in [6.45, 7) is 10.5. The smallest absolute Gasteiger partial charge is 0.315 e. The van der Waals surface area contributed by atoms with Crippen LogP contribution in [0, 0.1) is 5.82 Å². The second kappa shape index (κ2) is 14.8. The number of anilines is 1. The highest BCUT2D eigenvalue weighted by Crippen LogP contribution is 2.30. The fourth-order valence-corrected chi connectivity index (χ4v) is 4.06. The van der Waals surface area contributed by atoms with Crippen LogP contribution in [-0.2, 0) is 16.8 Å². The maximum Gasteiger partial charge on any atom is 0.315 e. The SMILES string of the molecule is CC(=[OH+])C(C)Cl.CC(Cl)C(=O)Nc1cccc(-c2nc3nccc(-c4ccc(CNC(=O)c5nc(C(C)(C)C)no5)c(F)c4)c3[nH]2)c1. The number of amides is 2. The van der Waals surface area contributed by atoms with Gasteiger partial charge >= 0.3 is 17.6 Å². The lowest BCUT2D eigenvalue weighted by atomic mass is 9.96. The third kappa shape index (κ3) is 8.99. The van der Waals surface area contributed by atoms with Crippen molar-refractivity contribution in [3.63, 3.8) is 0 Å². The van der Waals surface area contributed by atoms with E-state index in [4.69, 9.17) is 32.5 Å². The molecule has 5 aromatic rings. The van der Waals surface area contributed by atoms with Crippen molar-refractivity contribution in [1.29, 1.82) is 0 Å². The number of halogens is 3. The zero-order valence-corrected chi connectivity index (χ0v) is 28.2. The number of benzene rings is 2. The number of hydrogen-bond acceptors (Lipinski definition) is 7. The van der Waals surface area contributed by atoms with Crippen LogP contribution >= 0.6 is 23.2 Å². The molecule has 2 amide bonds. The Morgan fingerprint density at radius 1 is 1.04 bits per heavy atom. The van der Waals surface area contributed by atoms with E-state index in [1.165, 1.54) is 6.07 Å². The van der Waals surface area contributed by atoms with E-state index in [0.717, 1.165) is 5.56 Å². The summed E-state index contributed by atoms with van der Waals surface area (Å²) < 4.78 is 20.2. The van der Waals surface area contributed by atoms with Crippen molar-refractivity contribution in [2.24, 2.45) is 0 Å². The third-order valence-electron chi connectivity index (χ3n) is 6.83. The number of alkyl halides is 2. The Morgan fingerprint density at radius 3 is 2.38 bits per heavy atom. The lowest BCUT2D eigenvalue weighted by Gasteiger charge is -2.10. The number of hydrogen-bond donors (Lipinski definition) is 3. The predicted octanol–water partition coefficient (Wildman–Crippen LogP) is 6.79. The average Bonchev–Trinajstić information content (AvgIpc) is 3.69. The van der Waals surface area contributed by atoms with Crippen LogP contribution in [0.5, 0.6) is 0 Å². The Hall–Kier alpha value is -4.68. The highest BCUT2D eigenvalue weighted by atomic mass is 35.5. The Balaban J connectivity index is 0.000000762. The standard InChI is InChI=1S/C29H27ClFN7O3.C4H7ClO/c1-15(30)25(39)34-19-7-5-6-17(12-19)23-35-22-20(10-11-32-24(22)36-23)16-8-9-18(21(31)13-16)14-33-26(40)27-37-28(38-41-27)29(2,3)4;1-3(5)4(2)6/h5-13,15H,14H2,1-4H3,(H,33,40)(H,34,39)(H,32,35,36);3H,1-2H3/p+1. The quantitative estimate of drug-likeness (QED) is 0.120. The molecule has 0 radical (unpaired) electrons. The molecule has 0 bridgehead atoms. The molecule has 2 aromatic carbocycles. The van der Waals surface area contributed by atoms with Crippen molar-refractivity contribution < 1.29 is 23.3 Å². The molecule has 0 saturated carbocycles. The molecule has 3 heterocycles. The number of carbonyl (C=O) groups excluding carboxylic acids is 3. The van der Waals surface area contributed by atoms with E-state index in [0.29, 0.717) is 45.2 Å². The molecule has 0 saturated heterocycles. The fourth-order valence-electron chi connectivity index (χ4n) is 4.00. The zero-order chi connectivity index (χ0) is 34.5. The molecule has 0 aliphatic rings. The van der Waals surface area contributed by atoms with Gasteiger partial charge in [0.15, 0.2) is 11.5 Å². The average molecular weight is 684 g/mol. The molecule has 47 heavy (non-hydrogen) atoms. The molecule has 2 unspecified atom stereocenters. The molecule has 2 atom stereocenters. The second-order valence-corrected chi connectivity index (χ2v) is 13.1. The van der Waals surface area contributed by atoms with Crippen molar-refractivity contribution in [1.82, 2.24) is 30.4 Å². The van der Waals surface area contributed by atoms with Crippen LogP contribution in [0.2, 0.25) is 0 Å². The summed E-state index contributed by atoms with van der Waals surface area (Å²) in [6, 6.07) is 13.7. The molecule has 0 aliphatic heterocycles. The molecule has 14 heteroatoms. The first kappa shape index (κ1) is 35.2. The van der Waals surface area contributed by atoms with Gasteiger partial charge in [0.1, 0.15) is 22.4 Å². The van der Waals surface area contributed by atoms with E-state index in [9.17, 15) is 9.59 Å². The molecular weight excluding hydrogens is 648 g/mol. The van der Waals surface area contributed by atoms with Gasteiger partial charge < -0.3 is 20.1 Å². The minimum absolute atomic E-state index is 0.0620. The van der Waals surface area contributed by atoms with Crippen LogP contribution in [0.3, 0.4) is 0 Å². The Labute approximate surface area is 280 Å². The van der Waals surface area contributed by atoms with Gasteiger partial charge in [0.05, 0.1) is 5.52 Å². The largest absolute Gasteiger partial charge is 0.344 e. The van der Waals surface area contributed by atoms with Gasteiger partial charge in [0, 0.05) is 47.5 Å². The molecule has 0 fully saturated rings. The molecular formula is C33H35Cl2FN7O4+. The van der Waals surface area contributed by atoms with Gasteiger partial charge in [-0.2, -0.15) is 4.98 Å². The van der Waals surface area contributed by atoms with E-state index < -0.39 is 17.1 Å². The number of H-pyrrole nitrogens is 1. The summed E-state index contributed by atoms with van der Waals surface area (Å²) >= 11 is 11.2. The molecule has 3 aromatic heterocycles. The number of carbonyl (C=O) groups is 2. The van der Waals surface area contributed by atoms with Crippen molar-refractivity contribution in [3.8, 4) is 22.5 Å². The van der Waals surface area contributed by atoms with E-state index >= 15 is 4.39 Å². The number of imidazole rings is 1. The minimum Gasteiger partial charge on any atom is -0.344 e. The first-order valence-corrected chi connectivity index (χ1v) is 15.5.